The van der Waals surface area contributed by atoms with Crippen LogP contribution in [0.4, 0.5) is 0 Å². The standard InChI is InChI=1S/C12H17NO3/c1-4-15-12(14)10-8(3)13-11(16-10)7(2)9-5-6-9/h7,9H,4-6H2,1-3H3. The highest BCUT2D eigenvalue weighted by molar-refractivity contribution is 5.87. The predicted octanol–water partition coefficient (Wildman–Crippen LogP) is 2.67. The van der Waals surface area contributed by atoms with Crippen LogP contribution in [-0.2, 0) is 4.74 Å². The molecule has 1 aliphatic rings. The van der Waals surface area contributed by atoms with Crippen LogP contribution in [0.2, 0.25) is 0 Å². The number of ether oxygens (including phenoxy) is 1. The number of rotatable bonds is 4. The average Bonchev–Trinajstić information content (AvgIpc) is 3.01. The number of carbonyl (C=O) groups is 1. The van der Waals surface area contributed by atoms with Gasteiger partial charge in [-0.15, -0.1) is 0 Å². The van der Waals surface area contributed by atoms with E-state index in [1.165, 1.54) is 12.8 Å². The summed E-state index contributed by atoms with van der Waals surface area (Å²) in [6.45, 7) is 6.00. The van der Waals surface area contributed by atoms with Crippen molar-refractivity contribution in [3.05, 3.63) is 17.3 Å². The number of hydrogen-bond donors (Lipinski definition) is 0. The van der Waals surface area contributed by atoms with Gasteiger partial charge in [0.05, 0.1) is 12.3 Å². The Hall–Kier alpha value is -1.32. The van der Waals surface area contributed by atoms with Gasteiger partial charge in [0.1, 0.15) is 0 Å². The molecule has 0 aromatic carbocycles. The van der Waals surface area contributed by atoms with Gasteiger partial charge in [-0.2, -0.15) is 0 Å². The highest BCUT2D eigenvalue weighted by Gasteiger charge is 2.33. The fourth-order valence-corrected chi connectivity index (χ4v) is 1.80. The Morgan fingerprint density at radius 2 is 2.31 bits per heavy atom. The summed E-state index contributed by atoms with van der Waals surface area (Å²) in [6.07, 6.45) is 2.47. The van der Waals surface area contributed by atoms with Crippen molar-refractivity contribution in [2.24, 2.45) is 5.92 Å². The van der Waals surface area contributed by atoms with Crippen LogP contribution in [-0.4, -0.2) is 17.6 Å². The summed E-state index contributed by atoms with van der Waals surface area (Å²) in [4.78, 5) is 15.8. The first-order valence-electron chi connectivity index (χ1n) is 5.78. The van der Waals surface area contributed by atoms with E-state index in [0.29, 0.717) is 30.0 Å². The third-order valence-electron chi connectivity index (χ3n) is 2.99. The van der Waals surface area contributed by atoms with E-state index in [1.54, 1.807) is 13.8 Å². The summed E-state index contributed by atoms with van der Waals surface area (Å²) in [7, 11) is 0. The molecular formula is C12H17NO3. The Kier molecular flexibility index (Phi) is 2.99. The lowest BCUT2D eigenvalue weighted by atomic mass is 10.1. The Balaban J connectivity index is 2.17. The van der Waals surface area contributed by atoms with E-state index < -0.39 is 5.97 Å². The van der Waals surface area contributed by atoms with Crippen LogP contribution in [0.5, 0.6) is 0 Å². The molecule has 1 fully saturated rings. The molecule has 1 heterocycles. The molecule has 88 valence electrons. The van der Waals surface area contributed by atoms with Crippen LogP contribution in [0.15, 0.2) is 4.42 Å². The first-order chi connectivity index (χ1) is 7.63. The van der Waals surface area contributed by atoms with Gasteiger partial charge in [0.2, 0.25) is 5.76 Å². The van der Waals surface area contributed by atoms with E-state index in [2.05, 4.69) is 11.9 Å². The molecule has 1 aromatic heterocycles. The molecule has 0 N–H and O–H groups in total. The zero-order valence-corrected chi connectivity index (χ0v) is 9.95. The predicted molar refractivity (Wildman–Crippen MR) is 58.3 cm³/mol. The average molecular weight is 223 g/mol. The molecule has 1 aliphatic carbocycles. The number of hydrogen-bond acceptors (Lipinski definition) is 4. The normalized spacial score (nSPS) is 17.2. The van der Waals surface area contributed by atoms with Crippen LogP contribution in [0.25, 0.3) is 0 Å². The van der Waals surface area contributed by atoms with Gasteiger partial charge < -0.3 is 9.15 Å². The zero-order valence-electron chi connectivity index (χ0n) is 9.95. The lowest BCUT2D eigenvalue weighted by Crippen LogP contribution is -2.04. The van der Waals surface area contributed by atoms with E-state index in [4.69, 9.17) is 9.15 Å². The molecular weight excluding hydrogens is 206 g/mol. The van der Waals surface area contributed by atoms with Crippen molar-refractivity contribution in [3.8, 4) is 0 Å². The summed E-state index contributed by atoms with van der Waals surface area (Å²) in [6, 6.07) is 0. The number of aryl methyl sites for hydroxylation is 1. The summed E-state index contributed by atoms with van der Waals surface area (Å²) >= 11 is 0. The van der Waals surface area contributed by atoms with Gasteiger partial charge in [0.25, 0.3) is 0 Å². The highest BCUT2D eigenvalue weighted by Crippen LogP contribution is 2.42. The van der Waals surface area contributed by atoms with Gasteiger partial charge in [-0.1, -0.05) is 6.92 Å². The van der Waals surface area contributed by atoms with Crippen molar-refractivity contribution in [2.75, 3.05) is 6.61 Å². The molecule has 1 unspecified atom stereocenters. The topological polar surface area (TPSA) is 52.3 Å². The number of esters is 1. The molecule has 2 rings (SSSR count). The first kappa shape index (κ1) is 11.2. The van der Waals surface area contributed by atoms with Crippen molar-refractivity contribution in [2.45, 2.75) is 39.5 Å². The molecule has 1 saturated carbocycles. The second kappa shape index (κ2) is 4.28. The van der Waals surface area contributed by atoms with Crippen molar-refractivity contribution in [1.82, 2.24) is 4.98 Å². The van der Waals surface area contributed by atoms with Crippen LogP contribution in [0.3, 0.4) is 0 Å². The van der Waals surface area contributed by atoms with Gasteiger partial charge >= 0.3 is 5.97 Å². The Bertz CT molecular complexity index is 393. The van der Waals surface area contributed by atoms with E-state index in [1.807, 2.05) is 0 Å². The van der Waals surface area contributed by atoms with Crippen LogP contribution < -0.4 is 0 Å². The summed E-state index contributed by atoms with van der Waals surface area (Å²) in [5, 5.41) is 0. The lowest BCUT2D eigenvalue weighted by Gasteiger charge is -2.03. The van der Waals surface area contributed by atoms with Crippen LogP contribution in [0.1, 0.15) is 54.7 Å². The second-order valence-electron chi connectivity index (χ2n) is 4.31. The minimum absolute atomic E-state index is 0.254. The van der Waals surface area contributed by atoms with Crippen molar-refractivity contribution in [1.29, 1.82) is 0 Å². The maximum Gasteiger partial charge on any atom is 0.376 e. The molecule has 0 amide bonds. The van der Waals surface area contributed by atoms with Gasteiger partial charge in [0.15, 0.2) is 5.89 Å². The molecule has 0 saturated heterocycles. The smallest absolute Gasteiger partial charge is 0.376 e. The fraction of sp³-hybridized carbons (Fsp3) is 0.667. The Labute approximate surface area is 95.0 Å². The van der Waals surface area contributed by atoms with Gasteiger partial charge in [0, 0.05) is 5.92 Å². The molecule has 0 radical (unpaired) electrons. The SMILES string of the molecule is CCOC(=O)c1oc(C(C)C2CC2)nc1C. The lowest BCUT2D eigenvalue weighted by molar-refractivity contribution is 0.0486. The van der Waals surface area contributed by atoms with E-state index >= 15 is 0 Å². The molecule has 0 spiro atoms. The molecule has 4 nitrogen and oxygen atoms in total. The van der Waals surface area contributed by atoms with Gasteiger partial charge in [-0.25, -0.2) is 9.78 Å². The maximum absolute atomic E-state index is 11.5. The molecule has 4 heteroatoms. The number of nitrogens with zero attached hydrogens (tertiary/aromatic N) is 1. The second-order valence-corrected chi connectivity index (χ2v) is 4.31. The van der Waals surface area contributed by atoms with Crippen LogP contribution in [0, 0.1) is 12.8 Å². The largest absolute Gasteiger partial charge is 0.460 e. The quantitative estimate of drug-likeness (QED) is 0.736. The summed E-state index contributed by atoms with van der Waals surface area (Å²) in [5.41, 5.74) is 0.626. The van der Waals surface area contributed by atoms with Crippen molar-refractivity contribution in [3.63, 3.8) is 0 Å². The Morgan fingerprint density at radius 3 is 2.88 bits per heavy atom. The molecule has 1 atom stereocenters. The van der Waals surface area contributed by atoms with Gasteiger partial charge in [-0.05, 0) is 32.6 Å². The molecule has 0 bridgehead atoms. The zero-order chi connectivity index (χ0) is 11.7. The van der Waals surface area contributed by atoms with E-state index in [0.717, 1.165) is 0 Å². The minimum Gasteiger partial charge on any atom is -0.460 e. The van der Waals surface area contributed by atoms with Gasteiger partial charge in [-0.3, -0.25) is 0 Å². The first-order valence-corrected chi connectivity index (χ1v) is 5.78. The molecule has 0 aliphatic heterocycles. The third-order valence-corrected chi connectivity index (χ3v) is 2.99. The summed E-state index contributed by atoms with van der Waals surface area (Å²) in [5.74, 6) is 1.49. The van der Waals surface area contributed by atoms with Crippen LogP contribution >= 0.6 is 0 Å². The number of carbonyl (C=O) groups excluding carboxylic acids is 1. The minimum atomic E-state index is -0.415. The molecule has 16 heavy (non-hydrogen) atoms. The van der Waals surface area contributed by atoms with E-state index in [9.17, 15) is 4.79 Å². The highest BCUT2D eigenvalue weighted by atomic mass is 16.5. The molecule has 1 aromatic rings. The fourth-order valence-electron chi connectivity index (χ4n) is 1.80. The number of oxazole rings is 1. The Morgan fingerprint density at radius 1 is 1.62 bits per heavy atom. The number of aromatic nitrogens is 1. The van der Waals surface area contributed by atoms with Crippen molar-refractivity contribution < 1.29 is 13.9 Å². The van der Waals surface area contributed by atoms with E-state index in [-0.39, 0.29) is 5.76 Å². The summed E-state index contributed by atoms with van der Waals surface area (Å²) < 4.78 is 10.4. The monoisotopic (exact) mass is 223 g/mol. The third kappa shape index (κ3) is 2.10. The maximum atomic E-state index is 11.5. The van der Waals surface area contributed by atoms with Crippen molar-refractivity contribution >= 4 is 5.97 Å².